The third kappa shape index (κ3) is 2.85. The Morgan fingerprint density at radius 2 is 2.19 bits per heavy atom. The Labute approximate surface area is 133 Å². The topological polar surface area (TPSA) is 24.9 Å². The summed E-state index contributed by atoms with van der Waals surface area (Å²) in [7, 11) is 1.97. The minimum atomic E-state index is -0.311. The van der Waals surface area contributed by atoms with E-state index in [1.165, 1.54) is 10.9 Å². The minimum Gasteiger partial charge on any atom is -0.312 e. The van der Waals surface area contributed by atoms with Gasteiger partial charge in [0, 0.05) is 21.5 Å². The summed E-state index contributed by atoms with van der Waals surface area (Å²) in [4.78, 5) is 5.94. The summed E-state index contributed by atoms with van der Waals surface area (Å²) in [5.41, 5.74) is 1.84. The van der Waals surface area contributed by atoms with Crippen molar-refractivity contribution in [2.45, 2.75) is 32.7 Å². The Kier molecular flexibility index (Phi) is 3.80. The highest BCUT2D eigenvalue weighted by molar-refractivity contribution is 7.15. The van der Waals surface area contributed by atoms with Crippen molar-refractivity contribution in [1.82, 2.24) is 10.3 Å². The first-order valence-electron chi connectivity index (χ1n) is 7.02. The van der Waals surface area contributed by atoms with Gasteiger partial charge in [-0.3, -0.25) is 0 Å². The molecule has 1 aliphatic rings. The summed E-state index contributed by atoms with van der Waals surface area (Å²) < 4.78 is 14.1. The van der Waals surface area contributed by atoms with Crippen LogP contribution in [0.1, 0.15) is 36.9 Å². The van der Waals surface area contributed by atoms with E-state index in [0.717, 1.165) is 23.5 Å². The molecular formula is C16H18ClFN2S. The lowest BCUT2D eigenvalue weighted by Crippen LogP contribution is -2.30. The summed E-state index contributed by atoms with van der Waals surface area (Å²) >= 11 is 7.41. The van der Waals surface area contributed by atoms with Gasteiger partial charge in [0.15, 0.2) is 0 Å². The van der Waals surface area contributed by atoms with E-state index < -0.39 is 0 Å². The van der Waals surface area contributed by atoms with Gasteiger partial charge in [-0.05, 0) is 43.5 Å². The Morgan fingerprint density at radius 3 is 2.86 bits per heavy atom. The molecule has 0 bridgehead atoms. The summed E-state index contributed by atoms with van der Waals surface area (Å²) in [6.45, 7) is 4.50. The second-order valence-electron chi connectivity index (χ2n) is 6.34. The molecule has 1 aromatic carbocycles. The molecule has 5 heteroatoms. The van der Waals surface area contributed by atoms with Crippen LogP contribution in [0, 0.1) is 11.2 Å². The molecule has 1 aliphatic carbocycles. The average molecular weight is 325 g/mol. The predicted octanol–water partition coefficient (Wildman–Crippen LogP) is 4.84. The van der Waals surface area contributed by atoms with Gasteiger partial charge < -0.3 is 5.32 Å². The van der Waals surface area contributed by atoms with Crippen molar-refractivity contribution < 1.29 is 4.39 Å². The zero-order valence-electron chi connectivity index (χ0n) is 12.3. The molecule has 1 atom stereocenters. The molecule has 0 amide bonds. The molecule has 3 rings (SSSR count). The Balaban J connectivity index is 2.06. The SMILES string of the molecule is CNC1CC(C)(C)Cc2nc(-c3ccc(Cl)cc3F)sc21. The maximum Gasteiger partial charge on any atom is 0.134 e. The number of fused-ring (bicyclic) bond motifs is 1. The Bertz CT molecular complexity index is 681. The maximum absolute atomic E-state index is 14.1. The number of nitrogens with zero attached hydrogens (tertiary/aromatic N) is 1. The number of hydrogen-bond donors (Lipinski definition) is 1. The maximum atomic E-state index is 14.1. The van der Waals surface area contributed by atoms with E-state index in [-0.39, 0.29) is 11.2 Å². The first kappa shape index (κ1) is 14.9. The van der Waals surface area contributed by atoms with Crippen LogP contribution in [-0.4, -0.2) is 12.0 Å². The molecule has 112 valence electrons. The Morgan fingerprint density at radius 1 is 1.43 bits per heavy atom. The van der Waals surface area contributed by atoms with Crippen LogP contribution in [0.25, 0.3) is 10.6 Å². The molecule has 0 saturated carbocycles. The van der Waals surface area contributed by atoms with E-state index in [0.29, 0.717) is 16.6 Å². The summed E-state index contributed by atoms with van der Waals surface area (Å²) in [6, 6.07) is 5.06. The van der Waals surface area contributed by atoms with Crippen LogP contribution in [0.15, 0.2) is 18.2 Å². The molecular weight excluding hydrogens is 307 g/mol. The van der Waals surface area contributed by atoms with Gasteiger partial charge in [-0.25, -0.2) is 9.37 Å². The molecule has 1 aromatic heterocycles. The van der Waals surface area contributed by atoms with Crippen LogP contribution < -0.4 is 5.32 Å². The molecule has 0 radical (unpaired) electrons. The third-order valence-corrected chi connectivity index (χ3v) is 5.44. The molecule has 0 fully saturated rings. The van der Waals surface area contributed by atoms with Crippen molar-refractivity contribution in [1.29, 1.82) is 0 Å². The molecule has 21 heavy (non-hydrogen) atoms. The van der Waals surface area contributed by atoms with Crippen molar-refractivity contribution in [3.8, 4) is 10.6 Å². The fraction of sp³-hybridized carbons (Fsp3) is 0.438. The highest BCUT2D eigenvalue weighted by Gasteiger charge is 2.34. The first-order valence-corrected chi connectivity index (χ1v) is 8.21. The smallest absolute Gasteiger partial charge is 0.134 e. The predicted molar refractivity (Wildman–Crippen MR) is 86.4 cm³/mol. The van der Waals surface area contributed by atoms with E-state index in [2.05, 4.69) is 19.2 Å². The van der Waals surface area contributed by atoms with Gasteiger partial charge in [0.1, 0.15) is 10.8 Å². The standard InChI is InChI=1S/C16H18ClFN2S/c1-16(2)7-12(19-3)14-13(8-16)20-15(21-14)10-5-4-9(17)6-11(10)18/h4-6,12,19H,7-8H2,1-3H3. The summed E-state index contributed by atoms with van der Waals surface area (Å²) in [6.07, 6.45) is 2.01. The minimum absolute atomic E-state index is 0.213. The second kappa shape index (κ2) is 5.34. The molecule has 1 heterocycles. The van der Waals surface area contributed by atoms with E-state index in [1.807, 2.05) is 7.05 Å². The fourth-order valence-electron chi connectivity index (χ4n) is 2.94. The van der Waals surface area contributed by atoms with Gasteiger partial charge in [0.25, 0.3) is 0 Å². The van der Waals surface area contributed by atoms with E-state index >= 15 is 0 Å². The monoisotopic (exact) mass is 324 g/mol. The van der Waals surface area contributed by atoms with Gasteiger partial charge in [0.05, 0.1) is 5.69 Å². The number of aromatic nitrogens is 1. The molecule has 0 aliphatic heterocycles. The molecule has 0 spiro atoms. The van der Waals surface area contributed by atoms with Crippen LogP contribution in [0.4, 0.5) is 4.39 Å². The molecule has 2 aromatic rings. The van der Waals surface area contributed by atoms with Gasteiger partial charge in [-0.1, -0.05) is 25.4 Å². The highest BCUT2D eigenvalue weighted by atomic mass is 35.5. The van der Waals surface area contributed by atoms with Crippen molar-refractivity contribution >= 4 is 22.9 Å². The number of thiazole rings is 1. The van der Waals surface area contributed by atoms with Crippen molar-refractivity contribution in [2.75, 3.05) is 7.05 Å². The number of nitrogens with one attached hydrogen (secondary N) is 1. The highest BCUT2D eigenvalue weighted by Crippen LogP contribution is 2.45. The van der Waals surface area contributed by atoms with E-state index in [9.17, 15) is 4.39 Å². The van der Waals surface area contributed by atoms with Gasteiger partial charge in [-0.2, -0.15) is 0 Å². The van der Waals surface area contributed by atoms with E-state index in [4.69, 9.17) is 16.6 Å². The normalized spacial score (nSPS) is 20.3. The number of benzene rings is 1. The quantitative estimate of drug-likeness (QED) is 0.855. The van der Waals surface area contributed by atoms with Gasteiger partial charge in [0.2, 0.25) is 0 Å². The molecule has 0 saturated heterocycles. The lowest BCUT2D eigenvalue weighted by molar-refractivity contribution is 0.265. The Hall–Kier alpha value is -0.970. The number of hydrogen-bond acceptors (Lipinski definition) is 3. The fourth-order valence-corrected chi connectivity index (χ4v) is 4.32. The largest absolute Gasteiger partial charge is 0.312 e. The lowest BCUT2D eigenvalue weighted by atomic mass is 9.76. The molecule has 1 unspecified atom stereocenters. The number of halogens is 2. The van der Waals surface area contributed by atoms with Crippen LogP contribution in [0.2, 0.25) is 5.02 Å². The third-order valence-electron chi connectivity index (χ3n) is 3.96. The first-order chi connectivity index (χ1) is 9.89. The molecule has 2 nitrogen and oxygen atoms in total. The average Bonchev–Trinajstić information content (AvgIpc) is 2.79. The van der Waals surface area contributed by atoms with Crippen LogP contribution >= 0.6 is 22.9 Å². The van der Waals surface area contributed by atoms with E-state index in [1.54, 1.807) is 23.5 Å². The zero-order chi connectivity index (χ0) is 15.2. The lowest BCUT2D eigenvalue weighted by Gasteiger charge is -2.34. The molecule has 1 N–H and O–H groups in total. The van der Waals surface area contributed by atoms with Gasteiger partial charge in [-0.15, -0.1) is 11.3 Å². The van der Waals surface area contributed by atoms with Crippen LogP contribution in [0.3, 0.4) is 0 Å². The second-order valence-corrected chi connectivity index (χ2v) is 7.81. The summed E-state index contributed by atoms with van der Waals surface area (Å²) in [5.74, 6) is -0.311. The number of rotatable bonds is 2. The van der Waals surface area contributed by atoms with Crippen LogP contribution in [-0.2, 0) is 6.42 Å². The zero-order valence-corrected chi connectivity index (χ0v) is 13.9. The summed E-state index contributed by atoms with van der Waals surface area (Å²) in [5, 5.41) is 4.51. The van der Waals surface area contributed by atoms with Gasteiger partial charge >= 0.3 is 0 Å². The van der Waals surface area contributed by atoms with Crippen molar-refractivity contribution in [2.24, 2.45) is 5.41 Å². The van der Waals surface area contributed by atoms with Crippen LogP contribution in [0.5, 0.6) is 0 Å². The van der Waals surface area contributed by atoms with Crippen molar-refractivity contribution in [3.05, 3.63) is 39.6 Å². The van der Waals surface area contributed by atoms with Crippen molar-refractivity contribution in [3.63, 3.8) is 0 Å².